The van der Waals surface area contributed by atoms with Crippen LogP contribution >= 0.6 is 0 Å². The molecule has 9 heteroatoms. The number of nitrogens with one attached hydrogen (secondary N) is 2. The number of rotatable bonds is 7. The van der Waals surface area contributed by atoms with Crippen molar-refractivity contribution in [2.45, 2.75) is 103 Å². The van der Waals surface area contributed by atoms with Crippen LogP contribution in [0, 0.1) is 52.3 Å². The maximum Gasteiger partial charge on any atom is 0.328 e. The summed E-state index contributed by atoms with van der Waals surface area (Å²) in [4.78, 5) is 16.2. The Morgan fingerprint density at radius 2 is 1.73 bits per heavy atom. The van der Waals surface area contributed by atoms with Crippen molar-refractivity contribution in [3.63, 3.8) is 0 Å². The van der Waals surface area contributed by atoms with Gasteiger partial charge in [-0.15, -0.1) is 0 Å². The summed E-state index contributed by atoms with van der Waals surface area (Å²) in [5.41, 5.74) is 0.354. The Labute approximate surface area is 240 Å². The summed E-state index contributed by atoms with van der Waals surface area (Å²) in [5.74, 6) is 2.87. The molecule has 4 N–H and O–H groups in total. The molecule has 0 saturated heterocycles. The van der Waals surface area contributed by atoms with Gasteiger partial charge in [0.15, 0.2) is 0 Å². The third kappa shape index (κ3) is 5.08. The molecule has 2 amide bonds. The van der Waals surface area contributed by atoms with Gasteiger partial charge in [0.1, 0.15) is 0 Å². The summed E-state index contributed by atoms with van der Waals surface area (Å²) < 4.78 is 27.0. The molecule has 224 valence electrons. The molecule has 8 nitrogen and oxygen atoms in total. The molecule has 4 fully saturated rings. The molecule has 11 atom stereocenters. The van der Waals surface area contributed by atoms with Crippen molar-refractivity contribution >= 4 is 16.1 Å². The molecule has 0 aromatic carbocycles. The summed E-state index contributed by atoms with van der Waals surface area (Å²) in [6, 6.07) is 2.00. The molecule has 0 radical (unpaired) electrons. The van der Waals surface area contributed by atoms with E-state index >= 15 is 0 Å². The minimum absolute atomic E-state index is 0.00587. The van der Waals surface area contributed by atoms with E-state index in [2.05, 4.69) is 42.7 Å². The molecule has 0 spiro atoms. The fraction of sp³-hybridized carbons (Fsp3) is 0.806. The molecule has 40 heavy (non-hydrogen) atoms. The first kappa shape index (κ1) is 29.8. The fourth-order valence-corrected chi connectivity index (χ4v) is 11.2. The number of amides is 2. The number of nitrogens with zero attached hydrogens (tertiary/aromatic N) is 1. The van der Waals surface area contributed by atoms with E-state index in [0.717, 1.165) is 51.4 Å². The molecular formula is C31H49N3O5S. The molecule has 4 aliphatic carbocycles. The molecule has 0 bridgehead atoms. The quantitative estimate of drug-likeness (QED) is 0.372. The standard InChI is InChI=1S/C31H49N3O5S/c1-5-22-26-18-20(35)8-13-31(26,4)25-9-14-30(3)23(6-7-24(30)27(25)28(22)36)19(2)10-17-33-29(37)34-40(38,39)21-11-15-32-16-12-21/h11-12,15-16,19-20,22-28,35-36H,5-10,13-14,17-18H2,1-4H3,(H2,33,34,37)/t19-,20-,22-,23-,24+,25+,26+,27+,28-,30-,31-/m1/s1. The van der Waals surface area contributed by atoms with Crippen LogP contribution in [-0.4, -0.2) is 48.4 Å². The Hall–Kier alpha value is -1.71. The first-order valence-corrected chi connectivity index (χ1v) is 17.0. The fourth-order valence-electron chi connectivity index (χ4n) is 10.3. The lowest BCUT2D eigenvalue weighted by molar-refractivity contribution is -0.203. The maximum absolute atomic E-state index is 12.4. The molecule has 0 aliphatic heterocycles. The second kappa shape index (κ2) is 11.2. The van der Waals surface area contributed by atoms with E-state index in [-0.39, 0.29) is 33.9 Å². The zero-order valence-corrected chi connectivity index (χ0v) is 25.4. The monoisotopic (exact) mass is 575 g/mol. The number of hydrogen-bond acceptors (Lipinski definition) is 6. The number of pyridine rings is 1. The van der Waals surface area contributed by atoms with Crippen molar-refractivity contribution in [1.82, 2.24) is 15.0 Å². The average Bonchev–Trinajstić information content (AvgIpc) is 3.27. The largest absolute Gasteiger partial charge is 0.393 e. The molecule has 4 aliphatic rings. The number of fused-ring (bicyclic) bond motifs is 5. The first-order valence-electron chi connectivity index (χ1n) is 15.5. The highest BCUT2D eigenvalue weighted by Crippen LogP contribution is 2.69. The third-order valence-corrected chi connectivity index (χ3v) is 13.6. The number of sulfonamides is 1. The Morgan fingerprint density at radius 3 is 2.42 bits per heavy atom. The van der Waals surface area contributed by atoms with E-state index in [4.69, 9.17) is 0 Å². The lowest BCUT2D eigenvalue weighted by Gasteiger charge is -2.64. The van der Waals surface area contributed by atoms with Crippen LogP contribution in [-0.2, 0) is 10.0 Å². The Balaban J connectivity index is 1.22. The van der Waals surface area contributed by atoms with Gasteiger partial charge in [-0.3, -0.25) is 4.98 Å². The number of aliphatic hydroxyl groups excluding tert-OH is 2. The number of aromatic nitrogens is 1. The molecule has 1 heterocycles. The van der Waals surface area contributed by atoms with Gasteiger partial charge in [0.2, 0.25) is 0 Å². The van der Waals surface area contributed by atoms with Gasteiger partial charge >= 0.3 is 6.03 Å². The van der Waals surface area contributed by atoms with Crippen molar-refractivity contribution in [3.8, 4) is 0 Å². The minimum atomic E-state index is -3.93. The molecule has 4 saturated carbocycles. The van der Waals surface area contributed by atoms with Gasteiger partial charge < -0.3 is 15.5 Å². The number of aliphatic hydroxyl groups is 2. The van der Waals surface area contributed by atoms with Crippen LogP contribution in [0.2, 0.25) is 0 Å². The van der Waals surface area contributed by atoms with Gasteiger partial charge in [-0.2, -0.15) is 0 Å². The number of urea groups is 1. The van der Waals surface area contributed by atoms with Crippen LogP contribution < -0.4 is 10.0 Å². The molecule has 5 rings (SSSR count). The van der Waals surface area contributed by atoms with Crippen molar-refractivity contribution in [2.75, 3.05) is 6.54 Å². The van der Waals surface area contributed by atoms with Crippen LogP contribution in [0.4, 0.5) is 4.79 Å². The normalized spacial score (nSPS) is 41.8. The topological polar surface area (TPSA) is 129 Å². The van der Waals surface area contributed by atoms with Crippen LogP contribution in [0.3, 0.4) is 0 Å². The van der Waals surface area contributed by atoms with Gasteiger partial charge in [-0.25, -0.2) is 17.9 Å². The van der Waals surface area contributed by atoms with Gasteiger partial charge in [-0.05, 0) is 116 Å². The predicted octanol–water partition coefficient (Wildman–Crippen LogP) is 4.72. The number of carbonyl (C=O) groups is 1. The van der Waals surface area contributed by atoms with Crippen molar-refractivity contribution < 1.29 is 23.4 Å². The average molecular weight is 576 g/mol. The van der Waals surface area contributed by atoms with Crippen molar-refractivity contribution in [3.05, 3.63) is 24.5 Å². The second-order valence-corrected chi connectivity index (χ2v) is 15.6. The number of carbonyl (C=O) groups excluding carboxylic acids is 1. The molecule has 1 aromatic heterocycles. The lowest BCUT2D eigenvalue weighted by atomic mass is 9.41. The maximum atomic E-state index is 12.4. The van der Waals surface area contributed by atoms with Gasteiger partial charge in [-0.1, -0.05) is 34.1 Å². The Bertz CT molecular complexity index is 1160. The van der Waals surface area contributed by atoms with E-state index in [9.17, 15) is 23.4 Å². The highest BCUT2D eigenvalue weighted by molar-refractivity contribution is 7.90. The predicted molar refractivity (Wildman–Crippen MR) is 154 cm³/mol. The molecular weight excluding hydrogens is 526 g/mol. The Morgan fingerprint density at radius 1 is 1.05 bits per heavy atom. The van der Waals surface area contributed by atoms with Gasteiger partial charge in [0.05, 0.1) is 17.1 Å². The van der Waals surface area contributed by atoms with Crippen molar-refractivity contribution in [2.24, 2.45) is 52.3 Å². The van der Waals surface area contributed by atoms with E-state index in [0.29, 0.717) is 42.1 Å². The van der Waals surface area contributed by atoms with Crippen LogP contribution in [0.15, 0.2) is 29.4 Å². The summed E-state index contributed by atoms with van der Waals surface area (Å²) in [6.07, 6.45) is 11.3. The summed E-state index contributed by atoms with van der Waals surface area (Å²) in [6.45, 7) is 9.81. The van der Waals surface area contributed by atoms with Crippen LogP contribution in [0.25, 0.3) is 0 Å². The van der Waals surface area contributed by atoms with E-state index in [1.165, 1.54) is 30.9 Å². The summed E-state index contributed by atoms with van der Waals surface area (Å²) in [7, 11) is -3.93. The highest BCUT2D eigenvalue weighted by atomic mass is 32.2. The van der Waals surface area contributed by atoms with Crippen LogP contribution in [0.5, 0.6) is 0 Å². The summed E-state index contributed by atoms with van der Waals surface area (Å²) >= 11 is 0. The second-order valence-electron chi connectivity index (χ2n) is 13.9. The van der Waals surface area contributed by atoms with E-state index in [1.54, 1.807) is 0 Å². The lowest BCUT2D eigenvalue weighted by Crippen LogP contribution is -2.62. The van der Waals surface area contributed by atoms with Gasteiger partial charge in [0, 0.05) is 18.9 Å². The molecule has 0 unspecified atom stereocenters. The SMILES string of the molecule is CC[C@H]1[C@@H](O)[C@@H]2[C@H](CC[C@]3(C)[C@@H]([C@H](C)CCNC(=O)NS(=O)(=O)c4ccncc4)CC[C@@H]23)[C@@]2(C)CC[C@@H](O)C[C@@H]12. The van der Waals surface area contributed by atoms with E-state index in [1.807, 2.05) is 0 Å². The highest BCUT2D eigenvalue weighted by Gasteiger charge is 2.64. The minimum Gasteiger partial charge on any atom is -0.393 e. The van der Waals surface area contributed by atoms with Crippen LogP contribution in [0.1, 0.15) is 85.5 Å². The first-order chi connectivity index (χ1) is 18.9. The van der Waals surface area contributed by atoms with Crippen molar-refractivity contribution in [1.29, 1.82) is 0 Å². The summed E-state index contributed by atoms with van der Waals surface area (Å²) in [5, 5.41) is 25.1. The Kier molecular flexibility index (Phi) is 8.32. The zero-order chi connectivity index (χ0) is 28.9. The third-order valence-electron chi connectivity index (χ3n) is 12.2. The van der Waals surface area contributed by atoms with Gasteiger partial charge in [0.25, 0.3) is 10.0 Å². The smallest absolute Gasteiger partial charge is 0.328 e. The number of hydrogen-bond donors (Lipinski definition) is 4. The zero-order valence-electron chi connectivity index (χ0n) is 24.6. The van der Waals surface area contributed by atoms with E-state index < -0.39 is 16.1 Å². The molecule has 1 aromatic rings.